The number of sulfone groups is 1. The molecule has 0 bridgehead atoms. The van der Waals surface area contributed by atoms with Crippen LogP contribution in [0.4, 0.5) is 16.2 Å². The van der Waals surface area contributed by atoms with E-state index >= 15 is 0 Å². The highest BCUT2D eigenvalue weighted by molar-refractivity contribution is 8.06. The van der Waals surface area contributed by atoms with Crippen molar-refractivity contribution in [2.75, 3.05) is 17.7 Å². The van der Waals surface area contributed by atoms with Gasteiger partial charge in [-0.3, -0.25) is 9.59 Å². The third kappa shape index (κ3) is 4.04. The van der Waals surface area contributed by atoms with E-state index < -0.39 is 21.0 Å². The number of rotatable bonds is 5. The molecule has 3 rings (SSSR count). The number of furan rings is 1. The molecular weight excluding hydrogens is 384 g/mol. The SMILES string of the molecule is COc1cc(NC(=O)S(=O)(=O)c2ccccc2)ccc1NC(=O)c1ccco1. The minimum atomic E-state index is -4.19. The molecule has 1 heterocycles. The summed E-state index contributed by atoms with van der Waals surface area (Å²) in [5, 5.41) is 3.76. The summed E-state index contributed by atoms with van der Waals surface area (Å²) in [7, 11) is -2.81. The predicted molar refractivity (Wildman–Crippen MR) is 102 cm³/mol. The number of nitrogens with one attached hydrogen (secondary N) is 2. The quantitative estimate of drug-likeness (QED) is 0.677. The van der Waals surface area contributed by atoms with Crippen LogP contribution < -0.4 is 15.4 Å². The van der Waals surface area contributed by atoms with E-state index in [1.54, 1.807) is 12.1 Å². The Balaban J connectivity index is 1.78. The lowest BCUT2D eigenvalue weighted by molar-refractivity contribution is 0.0996. The van der Waals surface area contributed by atoms with Gasteiger partial charge in [0.25, 0.3) is 15.7 Å². The number of hydrogen-bond acceptors (Lipinski definition) is 6. The highest BCUT2D eigenvalue weighted by Gasteiger charge is 2.25. The van der Waals surface area contributed by atoms with Crippen LogP contribution in [0.5, 0.6) is 5.75 Å². The van der Waals surface area contributed by atoms with Crippen molar-refractivity contribution in [3.05, 3.63) is 72.7 Å². The van der Waals surface area contributed by atoms with E-state index in [2.05, 4.69) is 10.6 Å². The number of ether oxygens (including phenoxy) is 1. The van der Waals surface area contributed by atoms with Crippen molar-refractivity contribution >= 4 is 32.4 Å². The van der Waals surface area contributed by atoms with E-state index in [1.165, 1.54) is 61.9 Å². The number of anilines is 2. The number of hydrogen-bond donors (Lipinski definition) is 2. The summed E-state index contributed by atoms with van der Waals surface area (Å²) in [6, 6.07) is 14.8. The zero-order valence-corrected chi connectivity index (χ0v) is 15.5. The lowest BCUT2D eigenvalue weighted by Crippen LogP contribution is -2.21. The molecule has 0 aliphatic rings. The van der Waals surface area contributed by atoms with Crippen molar-refractivity contribution in [1.29, 1.82) is 0 Å². The van der Waals surface area contributed by atoms with E-state index in [-0.39, 0.29) is 22.1 Å². The first kappa shape index (κ1) is 19.2. The highest BCUT2D eigenvalue weighted by atomic mass is 32.2. The molecule has 1 aromatic heterocycles. The number of carbonyl (C=O) groups is 2. The summed E-state index contributed by atoms with van der Waals surface area (Å²) in [5.41, 5.74) is 0.519. The van der Waals surface area contributed by atoms with Crippen molar-refractivity contribution in [2.45, 2.75) is 4.90 Å². The Hall–Kier alpha value is -3.59. The molecule has 0 saturated heterocycles. The van der Waals surface area contributed by atoms with Gasteiger partial charge in [-0.2, -0.15) is 0 Å². The lowest BCUT2D eigenvalue weighted by atomic mass is 10.2. The van der Waals surface area contributed by atoms with Gasteiger partial charge >= 0.3 is 5.24 Å². The molecule has 0 spiro atoms. The molecule has 0 aliphatic heterocycles. The van der Waals surface area contributed by atoms with Crippen LogP contribution in [0.1, 0.15) is 10.6 Å². The number of benzene rings is 2. The largest absolute Gasteiger partial charge is 0.494 e. The van der Waals surface area contributed by atoms with Crippen LogP contribution in [0.25, 0.3) is 0 Å². The zero-order chi connectivity index (χ0) is 20.1. The van der Waals surface area contributed by atoms with Crippen molar-refractivity contribution in [1.82, 2.24) is 0 Å². The standard InChI is InChI=1S/C19H16N2O6S/c1-26-17-12-13(9-10-15(17)21-18(22)16-8-5-11-27-16)20-19(23)28(24,25)14-6-3-2-4-7-14/h2-12H,1H3,(H,20,23)(H,21,22). The van der Waals surface area contributed by atoms with Crippen molar-refractivity contribution in [3.63, 3.8) is 0 Å². The summed E-state index contributed by atoms with van der Waals surface area (Å²) in [6.45, 7) is 0. The van der Waals surface area contributed by atoms with Crippen LogP contribution in [-0.4, -0.2) is 26.7 Å². The Bertz CT molecular complexity index is 1090. The molecule has 2 N–H and O–H groups in total. The van der Waals surface area contributed by atoms with E-state index in [9.17, 15) is 18.0 Å². The van der Waals surface area contributed by atoms with Crippen LogP contribution in [0, 0.1) is 0 Å². The fourth-order valence-electron chi connectivity index (χ4n) is 2.36. The maximum atomic E-state index is 12.3. The number of methoxy groups -OCH3 is 1. The molecule has 0 saturated carbocycles. The molecule has 0 radical (unpaired) electrons. The minimum absolute atomic E-state index is 0.109. The Morgan fingerprint density at radius 2 is 1.71 bits per heavy atom. The fraction of sp³-hybridized carbons (Fsp3) is 0.0526. The monoisotopic (exact) mass is 400 g/mol. The van der Waals surface area contributed by atoms with Crippen LogP contribution in [0.2, 0.25) is 0 Å². The molecule has 2 amide bonds. The smallest absolute Gasteiger partial charge is 0.345 e. The van der Waals surface area contributed by atoms with Gasteiger partial charge in [0.2, 0.25) is 0 Å². The molecule has 0 unspecified atom stereocenters. The summed E-state index contributed by atoms with van der Waals surface area (Å²) < 4.78 is 34.9. The van der Waals surface area contributed by atoms with Gasteiger partial charge in [-0.1, -0.05) is 18.2 Å². The van der Waals surface area contributed by atoms with Crippen LogP contribution in [-0.2, 0) is 9.84 Å². The Labute approximate surface area is 161 Å². The first-order valence-electron chi connectivity index (χ1n) is 8.06. The normalized spacial score (nSPS) is 10.9. The Morgan fingerprint density at radius 1 is 0.964 bits per heavy atom. The van der Waals surface area contributed by atoms with Gasteiger partial charge in [0.05, 0.1) is 24.0 Å². The summed E-state index contributed by atoms with van der Waals surface area (Å²) in [4.78, 5) is 24.2. The van der Waals surface area contributed by atoms with Crippen molar-refractivity contribution in [2.24, 2.45) is 0 Å². The van der Waals surface area contributed by atoms with Gasteiger partial charge in [-0.05, 0) is 36.4 Å². The molecule has 0 aliphatic carbocycles. The molecule has 9 heteroatoms. The molecule has 8 nitrogen and oxygen atoms in total. The van der Waals surface area contributed by atoms with Gasteiger partial charge in [0.15, 0.2) is 5.76 Å². The van der Waals surface area contributed by atoms with E-state index in [4.69, 9.17) is 9.15 Å². The second-order valence-electron chi connectivity index (χ2n) is 5.58. The topological polar surface area (TPSA) is 115 Å². The molecular formula is C19H16N2O6S. The number of amides is 2. The van der Waals surface area contributed by atoms with Crippen LogP contribution in [0.15, 0.2) is 76.2 Å². The summed E-state index contributed by atoms with van der Waals surface area (Å²) in [5.74, 6) is -0.130. The van der Waals surface area contributed by atoms with Crippen molar-refractivity contribution in [3.8, 4) is 5.75 Å². The second-order valence-corrected chi connectivity index (χ2v) is 7.42. The number of carbonyl (C=O) groups excluding carboxylic acids is 2. The van der Waals surface area contributed by atoms with Gasteiger partial charge in [-0.25, -0.2) is 8.42 Å². The first-order valence-corrected chi connectivity index (χ1v) is 9.54. The molecule has 144 valence electrons. The molecule has 2 aromatic carbocycles. The van der Waals surface area contributed by atoms with E-state index in [0.29, 0.717) is 5.69 Å². The van der Waals surface area contributed by atoms with Gasteiger partial charge in [0.1, 0.15) is 5.75 Å². The van der Waals surface area contributed by atoms with Crippen LogP contribution in [0.3, 0.4) is 0 Å². The maximum absolute atomic E-state index is 12.3. The van der Waals surface area contributed by atoms with Gasteiger partial charge in [-0.15, -0.1) is 0 Å². The maximum Gasteiger partial charge on any atom is 0.345 e. The molecule has 3 aromatic rings. The highest BCUT2D eigenvalue weighted by Crippen LogP contribution is 2.29. The third-order valence-corrected chi connectivity index (χ3v) is 5.22. The zero-order valence-electron chi connectivity index (χ0n) is 14.7. The Morgan fingerprint density at radius 3 is 2.36 bits per heavy atom. The molecule has 0 fully saturated rings. The van der Waals surface area contributed by atoms with Crippen LogP contribution >= 0.6 is 0 Å². The summed E-state index contributed by atoms with van der Waals surface area (Å²) >= 11 is 0. The predicted octanol–water partition coefficient (Wildman–Crippen LogP) is 3.55. The molecule has 28 heavy (non-hydrogen) atoms. The Kier molecular flexibility index (Phi) is 5.46. The average molecular weight is 400 g/mol. The van der Waals surface area contributed by atoms with E-state index in [0.717, 1.165) is 0 Å². The second kappa shape index (κ2) is 7.97. The lowest BCUT2D eigenvalue weighted by Gasteiger charge is -2.12. The van der Waals surface area contributed by atoms with Crippen molar-refractivity contribution < 1.29 is 27.2 Å². The third-order valence-electron chi connectivity index (χ3n) is 3.74. The van der Waals surface area contributed by atoms with Gasteiger partial charge < -0.3 is 19.8 Å². The fourth-order valence-corrected chi connectivity index (χ4v) is 3.34. The average Bonchev–Trinajstić information content (AvgIpc) is 3.24. The first-order chi connectivity index (χ1) is 13.4. The van der Waals surface area contributed by atoms with Gasteiger partial charge in [0, 0.05) is 11.8 Å². The summed E-state index contributed by atoms with van der Waals surface area (Å²) in [6.07, 6.45) is 1.37. The van der Waals surface area contributed by atoms with E-state index in [1.807, 2.05) is 0 Å². The minimum Gasteiger partial charge on any atom is -0.494 e. The molecule has 0 atom stereocenters.